The van der Waals surface area contributed by atoms with Crippen molar-refractivity contribution >= 4 is 11.6 Å². The van der Waals surface area contributed by atoms with Gasteiger partial charge in [-0.2, -0.15) is 5.26 Å². The predicted octanol–water partition coefficient (Wildman–Crippen LogP) is 2.36. The molecular weight excluding hydrogens is 280 g/mol. The number of carbonyl (C=O) groups excluding carboxylic acids is 1. The van der Waals surface area contributed by atoms with E-state index in [2.05, 4.69) is 0 Å². The van der Waals surface area contributed by atoms with E-state index in [4.69, 9.17) is 14.7 Å². The predicted molar refractivity (Wildman–Crippen MR) is 80.9 cm³/mol. The van der Waals surface area contributed by atoms with E-state index in [1.807, 2.05) is 30.3 Å². The number of nitriles is 1. The minimum atomic E-state index is -0.163. The maximum Gasteiger partial charge on any atom is 0.265 e. The largest absolute Gasteiger partial charge is 0.490 e. The van der Waals surface area contributed by atoms with Crippen molar-refractivity contribution in [2.45, 2.75) is 0 Å². The highest BCUT2D eigenvalue weighted by Crippen LogP contribution is 2.31. The lowest BCUT2D eigenvalue weighted by Gasteiger charge is -2.29. The van der Waals surface area contributed by atoms with Gasteiger partial charge >= 0.3 is 0 Å². The molecule has 5 heteroatoms. The molecule has 0 spiro atoms. The molecule has 0 aromatic heterocycles. The third-order valence-corrected chi connectivity index (χ3v) is 3.39. The maximum atomic E-state index is 12.4. The lowest BCUT2D eigenvalue weighted by molar-refractivity contribution is -0.120. The fraction of sp³-hybridized carbons (Fsp3) is 0.176. The number of ether oxygens (including phenoxy) is 2. The smallest absolute Gasteiger partial charge is 0.265 e. The van der Waals surface area contributed by atoms with Crippen LogP contribution < -0.4 is 14.4 Å². The highest BCUT2D eigenvalue weighted by atomic mass is 16.5. The average molecular weight is 294 g/mol. The molecule has 0 saturated heterocycles. The first-order valence-electron chi connectivity index (χ1n) is 6.94. The van der Waals surface area contributed by atoms with E-state index in [0.29, 0.717) is 30.2 Å². The molecule has 1 heterocycles. The molecule has 2 aromatic rings. The van der Waals surface area contributed by atoms with Crippen molar-refractivity contribution in [3.63, 3.8) is 0 Å². The van der Waals surface area contributed by atoms with Crippen molar-refractivity contribution in [2.24, 2.45) is 0 Å². The van der Waals surface area contributed by atoms with Gasteiger partial charge in [-0.05, 0) is 24.3 Å². The molecule has 0 saturated carbocycles. The number of benzene rings is 2. The molecular formula is C17H14N2O3. The van der Waals surface area contributed by atoms with Gasteiger partial charge in [0.15, 0.2) is 6.61 Å². The van der Waals surface area contributed by atoms with E-state index in [-0.39, 0.29) is 12.5 Å². The fourth-order valence-electron chi connectivity index (χ4n) is 2.33. The van der Waals surface area contributed by atoms with Gasteiger partial charge in [0.1, 0.15) is 24.2 Å². The highest BCUT2D eigenvalue weighted by Gasteiger charge is 2.23. The molecule has 0 radical (unpaired) electrons. The van der Waals surface area contributed by atoms with Crippen LogP contribution in [0.15, 0.2) is 48.5 Å². The summed E-state index contributed by atoms with van der Waals surface area (Å²) < 4.78 is 11.0. The molecule has 1 aliphatic rings. The number of amides is 1. The van der Waals surface area contributed by atoms with Gasteiger partial charge < -0.3 is 14.4 Å². The Balaban J connectivity index is 1.72. The van der Waals surface area contributed by atoms with Crippen molar-refractivity contribution in [2.75, 3.05) is 24.7 Å². The Kier molecular flexibility index (Phi) is 3.92. The summed E-state index contributed by atoms with van der Waals surface area (Å²) in [7, 11) is 0. The number of nitrogens with zero attached hydrogens (tertiary/aromatic N) is 2. The van der Waals surface area contributed by atoms with Crippen LogP contribution >= 0.6 is 0 Å². The Morgan fingerprint density at radius 2 is 2.00 bits per heavy atom. The molecule has 2 aromatic carbocycles. The number of hydrogen-bond acceptors (Lipinski definition) is 4. The van der Waals surface area contributed by atoms with Gasteiger partial charge in [0.2, 0.25) is 0 Å². The Labute approximate surface area is 128 Å². The summed E-state index contributed by atoms with van der Waals surface area (Å²) in [5.41, 5.74) is 1.16. The van der Waals surface area contributed by atoms with E-state index in [1.165, 1.54) is 0 Å². The number of fused-ring (bicyclic) bond motifs is 1. The van der Waals surface area contributed by atoms with Gasteiger partial charge in [-0.3, -0.25) is 4.79 Å². The number of rotatable bonds is 3. The van der Waals surface area contributed by atoms with Crippen LogP contribution in [-0.4, -0.2) is 25.7 Å². The first-order chi connectivity index (χ1) is 10.8. The van der Waals surface area contributed by atoms with Gasteiger partial charge in [-0.25, -0.2) is 0 Å². The zero-order chi connectivity index (χ0) is 15.4. The molecule has 22 heavy (non-hydrogen) atoms. The normalized spacial score (nSPS) is 12.8. The van der Waals surface area contributed by atoms with Crippen LogP contribution in [0.5, 0.6) is 11.5 Å². The van der Waals surface area contributed by atoms with Crippen LogP contribution in [0.3, 0.4) is 0 Å². The quantitative estimate of drug-likeness (QED) is 0.872. The first-order valence-corrected chi connectivity index (χ1v) is 6.94. The summed E-state index contributed by atoms with van der Waals surface area (Å²) in [4.78, 5) is 14.0. The molecule has 0 unspecified atom stereocenters. The summed E-state index contributed by atoms with van der Waals surface area (Å²) in [6, 6.07) is 16.3. The lowest BCUT2D eigenvalue weighted by atomic mass is 10.2. The van der Waals surface area contributed by atoms with E-state index in [9.17, 15) is 4.79 Å². The summed E-state index contributed by atoms with van der Waals surface area (Å²) in [6.07, 6.45) is 0. The zero-order valence-corrected chi connectivity index (χ0v) is 11.9. The van der Waals surface area contributed by atoms with Crippen LogP contribution in [0.1, 0.15) is 5.56 Å². The molecule has 0 aliphatic carbocycles. The van der Waals surface area contributed by atoms with Gasteiger partial charge in [0.05, 0.1) is 17.8 Å². The van der Waals surface area contributed by atoms with Gasteiger partial charge in [0, 0.05) is 0 Å². The summed E-state index contributed by atoms with van der Waals surface area (Å²) in [5, 5.41) is 9.02. The van der Waals surface area contributed by atoms with Crippen LogP contribution in [0, 0.1) is 11.3 Å². The molecule has 0 atom stereocenters. The summed E-state index contributed by atoms with van der Waals surface area (Å²) in [6.45, 7) is 0.823. The second-order valence-corrected chi connectivity index (χ2v) is 4.76. The molecule has 0 fully saturated rings. The highest BCUT2D eigenvalue weighted by molar-refractivity contribution is 5.96. The first kappa shape index (κ1) is 14.0. The minimum absolute atomic E-state index is 0.118. The average Bonchev–Trinajstić information content (AvgIpc) is 2.59. The molecule has 3 rings (SSSR count). The Morgan fingerprint density at radius 3 is 2.86 bits per heavy atom. The number of para-hydroxylation sites is 3. The number of hydrogen-bond donors (Lipinski definition) is 0. The van der Waals surface area contributed by atoms with Crippen LogP contribution in [0.2, 0.25) is 0 Å². The van der Waals surface area contributed by atoms with E-state index in [1.54, 1.807) is 29.2 Å². The van der Waals surface area contributed by atoms with Crippen molar-refractivity contribution in [1.82, 2.24) is 0 Å². The van der Waals surface area contributed by atoms with Crippen molar-refractivity contribution in [3.8, 4) is 17.6 Å². The summed E-state index contributed by atoms with van der Waals surface area (Å²) >= 11 is 0. The van der Waals surface area contributed by atoms with E-state index in [0.717, 1.165) is 5.69 Å². The number of anilines is 1. The second-order valence-electron chi connectivity index (χ2n) is 4.76. The molecule has 1 amide bonds. The van der Waals surface area contributed by atoms with Crippen LogP contribution in [-0.2, 0) is 4.79 Å². The second kappa shape index (κ2) is 6.19. The Bertz CT molecular complexity index is 737. The monoisotopic (exact) mass is 294 g/mol. The molecule has 0 N–H and O–H groups in total. The van der Waals surface area contributed by atoms with Gasteiger partial charge in [-0.1, -0.05) is 24.3 Å². The SMILES string of the molecule is N#Cc1ccccc1OCC(=O)N1CCOc2ccccc21. The topological polar surface area (TPSA) is 62.6 Å². The molecule has 1 aliphatic heterocycles. The van der Waals surface area contributed by atoms with Crippen LogP contribution in [0.25, 0.3) is 0 Å². The van der Waals surface area contributed by atoms with Gasteiger partial charge in [-0.15, -0.1) is 0 Å². The van der Waals surface area contributed by atoms with Gasteiger partial charge in [0.25, 0.3) is 5.91 Å². The molecule has 5 nitrogen and oxygen atoms in total. The Morgan fingerprint density at radius 1 is 1.23 bits per heavy atom. The molecule has 110 valence electrons. The zero-order valence-electron chi connectivity index (χ0n) is 11.9. The van der Waals surface area contributed by atoms with Crippen molar-refractivity contribution < 1.29 is 14.3 Å². The van der Waals surface area contributed by atoms with Crippen molar-refractivity contribution in [3.05, 3.63) is 54.1 Å². The molecule has 0 bridgehead atoms. The third-order valence-electron chi connectivity index (χ3n) is 3.39. The summed E-state index contributed by atoms with van der Waals surface area (Å²) in [5.74, 6) is 0.947. The standard InChI is InChI=1S/C17H14N2O3/c18-11-13-5-1-3-7-15(13)22-12-17(20)19-9-10-21-16-8-4-2-6-14(16)19/h1-8H,9-10,12H2. The van der Waals surface area contributed by atoms with Crippen LogP contribution in [0.4, 0.5) is 5.69 Å². The number of carbonyl (C=O) groups is 1. The van der Waals surface area contributed by atoms with Crippen molar-refractivity contribution in [1.29, 1.82) is 5.26 Å². The lowest BCUT2D eigenvalue weighted by Crippen LogP contribution is -2.40. The maximum absolute atomic E-state index is 12.4. The Hall–Kier alpha value is -3.00. The third kappa shape index (κ3) is 2.72. The fourth-order valence-corrected chi connectivity index (χ4v) is 2.33. The van der Waals surface area contributed by atoms with E-state index < -0.39 is 0 Å². The minimum Gasteiger partial charge on any atom is -0.490 e. The van der Waals surface area contributed by atoms with E-state index >= 15 is 0 Å².